The van der Waals surface area contributed by atoms with Gasteiger partial charge in [0.05, 0.1) is 6.54 Å². The molecule has 1 aliphatic heterocycles. The lowest BCUT2D eigenvalue weighted by atomic mass is 10.2. The highest BCUT2D eigenvalue weighted by Crippen LogP contribution is 2.11. The first kappa shape index (κ1) is 14.8. The quantitative estimate of drug-likeness (QED) is 0.717. The van der Waals surface area contributed by atoms with Gasteiger partial charge in [0.2, 0.25) is 5.91 Å². The first-order chi connectivity index (χ1) is 9.63. The molecule has 1 aromatic carbocycles. The zero-order chi connectivity index (χ0) is 14.4. The van der Waals surface area contributed by atoms with E-state index in [1.165, 1.54) is 25.9 Å². The van der Waals surface area contributed by atoms with E-state index in [1.54, 1.807) is 0 Å². The van der Waals surface area contributed by atoms with E-state index in [4.69, 9.17) is 11.5 Å². The van der Waals surface area contributed by atoms with Crippen LogP contribution in [0.15, 0.2) is 24.3 Å². The molecule has 4 N–H and O–H groups in total. The first-order valence-corrected chi connectivity index (χ1v) is 7.21. The smallest absolute Gasteiger partial charge is 0.231 e. The summed E-state index contributed by atoms with van der Waals surface area (Å²) in [6, 6.07) is 7.78. The van der Waals surface area contributed by atoms with E-state index in [-0.39, 0.29) is 5.91 Å². The molecule has 0 spiro atoms. The molecule has 0 bridgehead atoms. The molecule has 1 saturated heterocycles. The van der Waals surface area contributed by atoms with Gasteiger partial charge in [-0.15, -0.1) is 0 Å². The topological polar surface area (TPSA) is 75.6 Å². The van der Waals surface area contributed by atoms with Gasteiger partial charge in [-0.1, -0.05) is 12.1 Å². The van der Waals surface area contributed by atoms with Gasteiger partial charge in [-0.3, -0.25) is 9.69 Å². The molecule has 0 radical (unpaired) electrons. The van der Waals surface area contributed by atoms with Gasteiger partial charge in [-0.2, -0.15) is 0 Å². The Bertz CT molecular complexity index is 443. The van der Waals surface area contributed by atoms with Crippen molar-refractivity contribution in [3.63, 3.8) is 0 Å². The number of likely N-dealkylation sites (tertiary alicyclic amines) is 1. The molecule has 0 aromatic heterocycles. The standard InChI is InChI=1S/C15H24N4O/c16-14-5-3-4-13(10-14)11-19(12-15(17)20)9-8-18-6-1-2-7-18/h3-5,10H,1-2,6-9,11-12,16H2,(H2,17,20). The fourth-order valence-electron chi connectivity index (χ4n) is 2.67. The Labute approximate surface area is 120 Å². The second kappa shape index (κ2) is 7.26. The lowest BCUT2D eigenvalue weighted by Crippen LogP contribution is -2.38. The maximum Gasteiger partial charge on any atom is 0.231 e. The van der Waals surface area contributed by atoms with E-state index < -0.39 is 0 Å². The second-order valence-electron chi connectivity index (χ2n) is 5.47. The number of anilines is 1. The maximum absolute atomic E-state index is 11.2. The van der Waals surface area contributed by atoms with E-state index in [0.29, 0.717) is 13.1 Å². The molecule has 1 heterocycles. The van der Waals surface area contributed by atoms with E-state index in [1.807, 2.05) is 24.3 Å². The van der Waals surface area contributed by atoms with Crippen LogP contribution in [0.1, 0.15) is 18.4 Å². The van der Waals surface area contributed by atoms with Gasteiger partial charge in [-0.25, -0.2) is 0 Å². The van der Waals surface area contributed by atoms with Crippen LogP contribution in [0.25, 0.3) is 0 Å². The van der Waals surface area contributed by atoms with E-state index in [2.05, 4.69) is 9.80 Å². The number of benzene rings is 1. The number of carbonyl (C=O) groups excluding carboxylic acids is 1. The van der Waals surface area contributed by atoms with Gasteiger partial charge < -0.3 is 16.4 Å². The molecule has 5 nitrogen and oxygen atoms in total. The minimum Gasteiger partial charge on any atom is -0.399 e. The third kappa shape index (κ3) is 4.83. The summed E-state index contributed by atoms with van der Waals surface area (Å²) in [4.78, 5) is 15.7. The molecule has 0 atom stereocenters. The van der Waals surface area contributed by atoms with Crippen LogP contribution in [0.5, 0.6) is 0 Å². The average Bonchev–Trinajstić information content (AvgIpc) is 2.88. The fourth-order valence-corrected chi connectivity index (χ4v) is 2.67. The van der Waals surface area contributed by atoms with Gasteiger partial charge in [0, 0.05) is 25.3 Å². The van der Waals surface area contributed by atoms with Crippen LogP contribution in [0.2, 0.25) is 0 Å². The second-order valence-corrected chi connectivity index (χ2v) is 5.47. The van der Waals surface area contributed by atoms with E-state index in [9.17, 15) is 4.79 Å². The Kier molecular flexibility index (Phi) is 5.38. The lowest BCUT2D eigenvalue weighted by Gasteiger charge is -2.24. The van der Waals surface area contributed by atoms with Crippen molar-refractivity contribution < 1.29 is 4.79 Å². The molecule has 5 heteroatoms. The largest absolute Gasteiger partial charge is 0.399 e. The zero-order valence-electron chi connectivity index (χ0n) is 11.9. The Morgan fingerprint density at radius 1 is 1.30 bits per heavy atom. The Balaban J connectivity index is 1.90. The molecule has 20 heavy (non-hydrogen) atoms. The lowest BCUT2D eigenvalue weighted by molar-refractivity contribution is -0.119. The third-order valence-corrected chi connectivity index (χ3v) is 3.67. The number of hydrogen-bond donors (Lipinski definition) is 2. The Hall–Kier alpha value is -1.59. The van der Waals surface area contributed by atoms with E-state index >= 15 is 0 Å². The van der Waals surface area contributed by atoms with Gasteiger partial charge in [0.25, 0.3) is 0 Å². The molecule has 0 aliphatic carbocycles. The van der Waals surface area contributed by atoms with Crippen LogP contribution in [0, 0.1) is 0 Å². The van der Waals surface area contributed by atoms with Crippen LogP contribution in [-0.4, -0.2) is 48.4 Å². The van der Waals surface area contributed by atoms with Gasteiger partial charge >= 0.3 is 0 Å². The summed E-state index contributed by atoms with van der Waals surface area (Å²) in [5, 5.41) is 0. The minimum atomic E-state index is -0.282. The van der Waals surface area contributed by atoms with Crippen LogP contribution < -0.4 is 11.5 Å². The normalized spacial score (nSPS) is 15.8. The Morgan fingerprint density at radius 3 is 2.70 bits per heavy atom. The number of nitrogens with two attached hydrogens (primary N) is 2. The zero-order valence-corrected chi connectivity index (χ0v) is 11.9. The Morgan fingerprint density at radius 2 is 2.05 bits per heavy atom. The van der Waals surface area contributed by atoms with Crippen LogP contribution in [0.4, 0.5) is 5.69 Å². The molecule has 1 aromatic rings. The summed E-state index contributed by atoms with van der Waals surface area (Å²) in [6.45, 7) is 5.20. The molecule has 110 valence electrons. The first-order valence-electron chi connectivity index (χ1n) is 7.21. The number of rotatable bonds is 7. The predicted octanol–water partition coefficient (Wildman–Crippen LogP) is 0.652. The number of nitrogen functional groups attached to an aromatic ring is 1. The SMILES string of the molecule is NC(=O)CN(CCN1CCCC1)Cc1cccc(N)c1. The number of carbonyl (C=O) groups is 1. The summed E-state index contributed by atoms with van der Waals surface area (Å²) in [5.74, 6) is -0.282. The summed E-state index contributed by atoms with van der Waals surface area (Å²) < 4.78 is 0. The monoisotopic (exact) mass is 276 g/mol. The molecule has 0 saturated carbocycles. The van der Waals surface area contributed by atoms with E-state index in [0.717, 1.165) is 24.3 Å². The highest BCUT2D eigenvalue weighted by atomic mass is 16.1. The molecule has 2 rings (SSSR count). The third-order valence-electron chi connectivity index (χ3n) is 3.67. The highest BCUT2D eigenvalue weighted by Gasteiger charge is 2.14. The number of primary amides is 1. The van der Waals surface area contributed by atoms with Crippen molar-refractivity contribution in [3.05, 3.63) is 29.8 Å². The molecular formula is C15H24N4O. The van der Waals surface area contributed by atoms with Crippen molar-refractivity contribution in [2.45, 2.75) is 19.4 Å². The van der Waals surface area contributed by atoms with Gasteiger partial charge in [0.15, 0.2) is 0 Å². The number of nitrogens with zero attached hydrogens (tertiary/aromatic N) is 2. The molecule has 0 unspecified atom stereocenters. The minimum absolute atomic E-state index is 0.282. The van der Waals surface area contributed by atoms with Crippen molar-refractivity contribution in [3.8, 4) is 0 Å². The van der Waals surface area contributed by atoms with Crippen molar-refractivity contribution in [1.29, 1.82) is 0 Å². The highest BCUT2D eigenvalue weighted by molar-refractivity contribution is 5.75. The van der Waals surface area contributed by atoms with Crippen molar-refractivity contribution in [2.24, 2.45) is 5.73 Å². The predicted molar refractivity (Wildman–Crippen MR) is 81.0 cm³/mol. The van der Waals surface area contributed by atoms with Crippen LogP contribution in [-0.2, 0) is 11.3 Å². The molecule has 1 amide bonds. The summed E-state index contributed by atoms with van der Waals surface area (Å²) in [7, 11) is 0. The van der Waals surface area contributed by atoms with Crippen LogP contribution >= 0.6 is 0 Å². The number of hydrogen-bond acceptors (Lipinski definition) is 4. The van der Waals surface area contributed by atoms with Crippen LogP contribution in [0.3, 0.4) is 0 Å². The number of amides is 1. The molecular weight excluding hydrogens is 252 g/mol. The fraction of sp³-hybridized carbons (Fsp3) is 0.533. The van der Waals surface area contributed by atoms with Crippen molar-refractivity contribution >= 4 is 11.6 Å². The summed E-state index contributed by atoms with van der Waals surface area (Å²) in [6.07, 6.45) is 2.57. The summed E-state index contributed by atoms with van der Waals surface area (Å²) in [5.41, 5.74) is 13.0. The molecule has 1 fully saturated rings. The van der Waals surface area contributed by atoms with Crippen molar-refractivity contribution in [1.82, 2.24) is 9.80 Å². The van der Waals surface area contributed by atoms with Gasteiger partial charge in [0.1, 0.15) is 0 Å². The molecule has 1 aliphatic rings. The summed E-state index contributed by atoms with van der Waals surface area (Å²) >= 11 is 0. The maximum atomic E-state index is 11.2. The van der Waals surface area contributed by atoms with Crippen molar-refractivity contribution in [2.75, 3.05) is 38.5 Å². The van der Waals surface area contributed by atoms with Gasteiger partial charge in [-0.05, 0) is 43.6 Å². The average molecular weight is 276 g/mol.